The summed E-state index contributed by atoms with van der Waals surface area (Å²) in [5.74, 6) is 1.41. The predicted octanol–water partition coefficient (Wildman–Crippen LogP) is 4.72. The number of rotatable bonds is 6. The fraction of sp³-hybridized carbons (Fsp3) is 0.286. The molecular weight excluding hydrogens is 316 g/mol. The molecule has 0 amide bonds. The topological polar surface area (TPSA) is 44.8 Å². The molecule has 0 radical (unpaired) electrons. The lowest BCUT2D eigenvalue weighted by Gasteiger charge is -2.13. The van der Waals surface area contributed by atoms with Gasteiger partial charge in [-0.25, -0.2) is 4.79 Å². The van der Waals surface area contributed by atoms with Crippen LogP contribution in [0.5, 0.6) is 17.2 Å². The van der Waals surface area contributed by atoms with Crippen molar-refractivity contribution in [1.82, 2.24) is 0 Å². The Balaban J connectivity index is 2.07. The SMILES string of the molecule is COc1cc(/C=C/C(=O)Oc2ccc(C)c(C)c2)ccc1OC(C)C. The molecule has 0 heterocycles. The van der Waals surface area contributed by atoms with Gasteiger partial charge in [-0.05, 0) is 74.7 Å². The molecule has 0 aliphatic heterocycles. The van der Waals surface area contributed by atoms with E-state index in [0.29, 0.717) is 17.2 Å². The van der Waals surface area contributed by atoms with Crippen molar-refractivity contribution in [3.05, 3.63) is 59.2 Å². The first-order valence-electron chi connectivity index (χ1n) is 8.21. The number of hydrogen-bond donors (Lipinski definition) is 0. The van der Waals surface area contributed by atoms with Crippen LogP contribution in [-0.2, 0) is 4.79 Å². The molecule has 132 valence electrons. The summed E-state index contributed by atoms with van der Waals surface area (Å²) >= 11 is 0. The van der Waals surface area contributed by atoms with Gasteiger partial charge in [0.25, 0.3) is 0 Å². The van der Waals surface area contributed by atoms with Crippen molar-refractivity contribution >= 4 is 12.0 Å². The minimum atomic E-state index is -0.426. The van der Waals surface area contributed by atoms with Crippen molar-refractivity contribution in [2.45, 2.75) is 33.8 Å². The van der Waals surface area contributed by atoms with Gasteiger partial charge in [0.2, 0.25) is 0 Å². The Morgan fingerprint density at radius 2 is 1.76 bits per heavy atom. The van der Waals surface area contributed by atoms with E-state index in [1.165, 1.54) is 6.08 Å². The lowest BCUT2D eigenvalue weighted by atomic mass is 10.1. The summed E-state index contributed by atoms with van der Waals surface area (Å²) in [5, 5.41) is 0. The second kappa shape index (κ2) is 8.38. The zero-order valence-corrected chi connectivity index (χ0v) is 15.3. The summed E-state index contributed by atoms with van der Waals surface area (Å²) in [4.78, 5) is 12.0. The van der Waals surface area contributed by atoms with Crippen molar-refractivity contribution in [1.29, 1.82) is 0 Å². The highest BCUT2D eigenvalue weighted by molar-refractivity contribution is 5.88. The van der Waals surface area contributed by atoms with Crippen LogP contribution in [0.1, 0.15) is 30.5 Å². The molecule has 0 spiro atoms. The highest BCUT2D eigenvalue weighted by Crippen LogP contribution is 2.29. The van der Waals surface area contributed by atoms with Crippen LogP contribution in [0.2, 0.25) is 0 Å². The zero-order chi connectivity index (χ0) is 18.4. The van der Waals surface area contributed by atoms with Crippen LogP contribution in [0.4, 0.5) is 0 Å². The minimum absolute atomic E-state index is 0.0586. The highest BCUT2D eigenvalue weighted by Gasteiger charge is 2.07. The van der Waals surface area contributed by atoms with E-state index >= 15 is 0 Å². The molecule has 4 heteroatoms. The smallest absolute Gasteiger partial charge is 0.336 e. The third-order valence-electron chi connectivity index (χ3n) is 3.66. The molecule has 2 aromatic carbocycles. The third-order valence-corrected chi connectivity index (χ3v) is 3.66. The molecular formula is C21H24O4. The number of methoxy groups -OCH3 is 1. The van der Waals surface area contributed by atoms with E-state index in [-0.39, 0.29) is 6.10 Å². The van der Waals surface area contributed by atoms with Gasteiger partial charge in [-0.3, -0.25) is 0 Å². The zero-order valence-electron chi connectivity index (χ0n) is 15.3. The Labute approximate surface area is 149 Å². The maximum Gasteiger partial charge on any atom is 0.336 e. The molecule has 0 unspecified atom stereocenters. The summed E-state index contributed by atoms with van der Waals surface area (Å²) < 4.78 is 16.3. The Morgan fingerprint density at radius 3 is 2.40 bits per heavy atom. The van der Waals surface area contributed by atoms with Crippen molar-refractivity contribution in [2.75, 3.05) is 7.11 Å². The van der Waals surface area contributed by atoms with Gasteiger partial charge in [0.1, 0.15) is 5.75 Å². The molecule has 0 fully saturated rings. The fourth-order valence-corrected chi connectivity index (χ4v) is 2.23. The van der Waals surface area contributed by atoms with E-state index in [2.05, 4.69) is 0 Å². The van der Waals surface area contributed by atoms with Crippen molar-refractivity contribution in [2.24, 2.45) is 0 Å². The van der Waals surface area contributed by atoms with Crippen LogP contribution < -0.4 is 14.2 Å². The number of carbonyl (C=O) groups is 1. The van der Waals surface area contributed by atoms with E-state index in [1.54, 1.807) is 19.3 Å². The van der Waals surface area contributed by atoms with Crippen LogP contribution in [-0.4, -0.2) is 19.2 Å². The van der Waals surface area contributed by atoms with Gasteiger partial charge in [-0.15, -0.1) is 0 Å². The lowest BCUT2D eigenvalue weighted by Crippen LogP contribution is -2.06. The van der Waals surface area contributed by atoms with Gasteiger partial charge in [-0.1, -0.05) is 12.1 Å². The maximum atomic E-state index is 12.0. The van der Waals surface area contributed by atoms with Gasteiger partial charge in [0, 0.05) is 6.08 Å². The van der Waals surface area contributed by atoms with E-state index in [9.17, 15) is 4.79 Å². The number of benzene rings is 2. The van der Waals surface area contributed by atoms with E-state index in [4.69, 9.17) is 14.2 Å². The molecule has 4 nitrogen and oxygen atoms in total. The maximum absolute atomic E-state index is 12.0. The standard InChI is InChI=1S/C21H24O4/c1-14(2)24-19-10-7-17(13-20(19)23-5)8-11-21(22)25-18-9-6-15(3)16(4)12-18/h6-14H,1-5H3/b11-8+. The van der Waals surface area contributed by atoms with Crippen LogP contribution in [0.3, 0.4) is 0 Å². The fourth-order valence-electron chi connectivity index (χ4n) is 2.23. The van der Waals surface area contributed by atoms with Gasteiger partial charge >= 0.3 is 5.97 Å². The predicted molar refractivity (Wildman–Crippen MR) is 99.3 cm³/mol. The normalized spacial score (nSPS) is 11.0. The lowest BCUT2D eigenvalue weighted by molar-refractivity contribution is -0.128. The van der Waals surface area contributed by atoms with Crippen molar-refractivity contribution in [3.63, 3.8) is 0 Å². The molecule has 0 bridgehead atoms. The van der Waals surface area contributed by atoms with E-state index in [1.807, 2.05) is 58.0 Å². The highest BCUT2D eigenvalue weighted by atomic mass is 16.5. The third kappa shape index (κ3) is 5.38. The summed E-state index contributed by atoms with van der Waals surface area (Å²) in [5.41, 5.74) is 3.07. The second-order valence-electron chi connectivity index (χ2n) is 6.08. The Morgan fingerprint density at radius 1 is 1.00 bits per heavy atom. The van der Waals surface area contributed by atoms with Gasteiger partial charge < -0.3 is 14.2 Å². The van der Waals surface area contributed by atoms with Crippen LogP contribution in [0, 0.1) is 13.8 Å². The van der Waals surface area contributed by atoms with Crippen LogP contribution in [0.25, 0.3) is 6.08 Å². The first-order valence-corrected chi connectivity index (χ1v) is 8.21. The minimum Gasteiger partial charge on any atom is -0.493 e. The average molecular weight is 340 g/mol. The Bertz CT molecular complexity index is 775. The molecule has 0 saturated carbocycles. The molecule has 0 N–H and O–H groups in total. The molecule has 2 aromatic rings. The van der Waals surface area contributed by atoms with Crippen LogP contribution >= 0.6 is 0 Å². The summed E-state index contributed by atoms with van der Waals surface area (Å²) in [7, 11) is 1.59. The van der Waals surface area contributed by atoms with Crippen molar-refractivity contribution in [3.8, 4) is 17.2 Å². The monoisotopic (exact) mass is 340 g/mol. The molecule has 2 rings (SSSR count). The molecule has 0 atom stereocenters. The Hall–Kier alpha value is -2.75. The number of ether oxygens (including phenoxy) is 3. The molecule has 0 aliphatic rings. The molecule has 0 saturated heterocycles. The summed E-state index contributed by atoms with van der Waals surface area (Å²) in [6, 6.07) is 11.1. The van der Waals surface area contributed by atoms with Gasteiger partial charge in [0.15, 0.2) is 11.5 Å². The van der Waals surface area contributed by atoms with Crippen LogP contribution in [0.15, 0.2) is 42.5 Å². The van der Waals surface area contributed by atoms with Gasteiger partial charge in [0.05, 0.1) is 13.2 Å². The second-order valence-corrected chi connectivity index (χ2v) is 6.08. The largest absolute Gasteiger partial charge is 0.493 e. The summed E-state index contributed by atoms with van der Waals surface area (Å²) in [6.45, 7) is 7.91. The number of carbonyl (C=O) groups excluding carboxylic acids is 1. The van der Waals surface area contributed by atoms with E-state index < -0.39 is 5.97 Å². The molecule has 0 aliphatic carbocycles. The van der Waals surface area contributed by atoms with Gasteiger partial charge in [-0.2, -0.15) is 0 Å². The van der Waals surface area contributed by atoms with Crippen molar-refractivity contribution < 1.29 is 19.0 Å². The first-order chi connectivity index (χ1) is 11.9. The Kier molecular flexibility index (Phi) is 6.23. The number of aryl methyl sites for hydroxylation is 2. The first kappa shape index (κ1) is 18.6. The summed E-state index contributed by atoms with van der Waals surface area (Å²) in [6.07, 6.45) is 3.14. The average Bonchev–Trinajstić information content (AvgIpc) is 2.57. The number of esters is 1. The quantitative estimate of drug-likeness (QED) is 0.434. The number of hydrogen-bond acceptors (Lipinski definition) is 4. The van der Waals surface area contributed by atoms with E-state index in [0.717, 1.165) is 16.7 Å². The molecule has 25 heavy (non-hydrogen) atoms. The molecule has 0 aromatic heterocycles.